The van der Waals surface area contributed by atoms with Crippen LogP contribution in [0.25, 0.3) is 32.3 Å². The number of nitrogens with two attached hydrogens (primary N) is 1. The van der Waals surface area contributed by atoms with Crippen LogP contribution in [0, 0.1) is 0 Å². The number of carbonyl (C=O) groups is 1. The quantitative estimate of drug-likeness (QED) is 0.00821. The van der Waals surface area contributed by atoms with Crippen molar-refractivity contribution in [3.63, 3.8) is 0 Å². The van der Waals surface area contributed by atoms with Crippen LogP contribution in [0.1, 0.15) is 0 Å². The molecule has 1 saturated heterocycles. The fraction of sp³-hybridized carbons (Fsp3) is 0.122. The number of amides is 2. The molecule has 10 rings (SSSR count). The molecule has 1 aliphatic rings. The SMILES string of the molecule is NC(=O)Nc1cc(Nc2nc(Cl)nc(N3CCN(CCNc4nc(Cl)nc(Nc5ccc6c(O)c(NNc7ccc8c(S(=O)(=O)O)cccc8c7S(=O)(=O)O)c(SOOO)cc6c5)n4)CC3)n2)ccc1NNc1cc2c(S(=O)(=O)O)cc(S(=O)(=O)O)cc2cc1SOOO. The van der Waals surface area contributed by atoms with E-state index >= 15 is 0 Å². The largest absolute Gasteiger partial charge is 0.505 e. The summed E-state index contributed by atoms with van der Waals surface area (Å²) in [6.07, 6.45) is 0. The number of piperazine rings is 1. The second kappa shape index (κ2) is 28.2. The molecule has 496 valence electrons. The summed E-state index contributed by atoms with van der Waals surface area (Å²) in [5, 5.41) is 48.0. The molecule has 1 aliphatic heterocycles. The molecular formula is C49H45Cl2N17O20S6. The van der Waals surface area contributed by atoms with E-state index in [1.807, 2.05) is 4.90 Å². The van der Waals surface area contributed by atoms with Crippen LogP contribution in [0.3, 0.4) is 0 Å². The number of fused-ring (bicyclic) bond motifs is 3. The second-order valence-electron chi connectivity index (χ2n) is 19.4. The number of nitrogens with one attached hydrogen (secondary N) is 8. The van der Waals surface area contributed by atoms with E-state index in [1.54, 1.807) is 12.1 Å². The van der Waals surface area contributed by atoms with E-state index in [9.17, 15) is 61.8 Å². The molecule has 0 unspecified atom stereocenters. The van der Waals surface area contributed by atoms with Gasteiger partial charge < -0.3 is 37.0 Å². The molecule has 1 fully saturated rings. The lowest BCUT2D eigenvalue weighted by molar-refractivity contribution is -0.432. The molecule has 7 aromatic carbocycles. The average molecular weight is 1460 g/mol. The Bertz CT molecular complexity index is 4940. The Hall–Kier alpha value is -8.55. The summed E-state index contributed by atoms with van der Waals surface area (Å²) in [6, 6.07) is 19.2. The Morgan fingerprint density at radius 2 is 1.16 bits per heavy atom. The number of nitrogens with zero attached hydrogens (tertiary/aromatic N) is 8. The standard InChI is InChI=1S/C49H45Cl2N17O20S6/c50-43-57-46(61-47(58-43)54-25-4-6-28-23(16-25)19-37(90-88-86-72)40(41(28)69)66-64-33-9-7-29-30(42(33)94(82,83)84)2-1-3-38(29)92(76,77)78)53-10-11-67-12-14-68(15-13-67)49-60-44(51)59-48(62-49)55-26-5-8-32(34(20-26)56-45(52)70)63-65-35-22-31-24(18-36(35)89-87-85-71)17-27(91(73,74)75)21-39(31)93(79,80)81/h1-9,16-22,63-66,69,71-72H,10-15H2,(H3,52,56,70)(H,73,74,75)(H,76,77,78)(H,79,80,81)(H,82,83,84)(H,55,59,60,62)(H2,53,54,57,58,61). The molecule has 0 saturated carbocycles. The van der Waals surface area contributed by atoms with Gasteiger partial charge >= 0.3 is 6.03 Å². The van der Waals surface area contributed by atoms with Gasteiger partial charge in [-0.15, -0.1) is 8.67 Å². The van der Waals surface area contributed by atoms with Crippen molar-refractivity contribution in [3.8, 4) is 5.75 Å². The highest BCUT2D eigenvalue weighted by atomic mass is 35.5. The van der Waals surface area contributed by atoms with E-state index < -0.39 is 71.8 Å². The van der Waals surface area contributed by atoms with Gasteiger partial charge in [0.2, 0.25) is 34.4 Å². The van der Waals surface area contributed by atoms with E-state index in [0.717, 1.165) is 30.3 Å². The second-order valence-corrected chi connectivity index (χ2v) is 27.1. The van der Waals surface area contributed by atoms with Crippen molar-refractivity contribution >= 4 is 190 Å². The van der Waals surface area contributed by atoms with Crippen molar-refractivity contribution in [2.45, 2.75) is 29.4 Å². The molecule has 9 aromatic rings. The van der Waals surface area contributed by atoms with Crippen molar-refractivity contribution in [3.05, 3.63) is 108 Å². The summed E-state index contributed by atoms with van der Waals surface area (Å²) in [5.41, 5.74) is 16.8. The van der Waals surface area contributed by atoms with Gasteiger partial charge in [-0.05, 0) is 113 Å². The van der Waals surface area contributed by atoms with Crippen molar-refractivity contribution in [2.24, 2.45) is 5.73 Å². The van der Waals surface area contributed by atoms with Gasteiger partial charge in [0.1, 0.15) is 26.1 Å². The monoisotopic (exact) mass is 1450 g/mol. The number of phenols is 1. The smallest absolute Gasteiger partial charge is 0.316 e. The van der Waals surface area contributed by atoms with Gasteiger partial charge in [0, 0.05) is 72.2 Å². The van der Waals surface area contributed by atoms with Crippen molar-refractivity contribution in [2.75, 3.05) is 87.1 Å². The maximum Gasteiger partial charge on any atom is 0.316 e. The average Bonchev–Trinajstić information content (AvgIpc) is 0.766. The molecule has 2 aromatic heterocycles. The van der Waals surface area contributed by atoms with Gasteiger partial charge in [0.25, 0.3) is 40.5 Å². The van der Waals surface area contributed by atoms with Gasteiger partial charge in [-0.3, -0.25) is 44.8 Å². The molecule has 37 nitrogen and oxygen atoms in total. The topological polar surface area (TPSA) is 538 Å². The highest BCUT2D eigenvalue weighted by Gasteiger charge is 2.27. The van der Waals surface area contributed by atoms with Crippen molar-refractivity contribution in [1.82, 2.24) is 34.8 Å². The summed E-state index contributed by atoms with van der Waals surface area (Å²) in [5.74, 6) is -0.0152. The summed E-state index contributed by atoms with van der Waals surface area (Å²) >= 11 is 13.5. The van der Waals surface area contributed by atoms with E-state index in [1.165, 1.54) is 48.5 Å². The maximum absolute atomic E-state index is 12.7. The molecule has 94 heavy (non-hydrogen) atoms. The van der Waals surface area contributed by atoms with E-state index in [2.05, 4.69) is 96.5 Å². The van der Waals surface area contributed by atoms with Crippen LogP contribution in [-0.4, -0.2) is 148 Å². The lowest BCUT2D eigenvalue weighted by Crippen LogP contribution is -2.48. The van der Waals surface area contributed by atoms with Crippen molar-refractivity contribution in [1.29, 1.82) is 0 Å². The lowest BCUT2D eigenvalue weighted by atomic mass is 10.1. The predicted molar refractivity (Wildman–Crippen MR) is 342 cm³/mol. The molecule has 0 spiro atoms. The molecule has 0 atom stereocenters. The number of primary amides is 1. The van der Waals surface area contributed by atoms with Crippen LogP contribution in [-0.2, 0) is 59.2 Å². The Labute approximate surface area is 547 Å². The first-order chi connectivity index (χ1) is 44.5. The van der Waals surface area contributed by atoms with Crippen molar-refractivity contribution < 1.29 is 91.0 Å². The zero-order chi connectivity index (χ0) is 67.4. The van der Waals surface area contributed by atoms with Gasteiger partial charge in [0.15, 0.2) is 0 Å². The van der Waals surface area contributed by atoms with Gasteiger partial charge in [-0.1, -0.05) is 28.3 Å². The Morgan fingerprint density at radius 3 is 1.83 bits per heavy atom. The molecule has 0 bridgehead atoms. The van der Waals surface area contributed by atoms with Gasteiger partial charge in [-0.2, -0.15) is 63.6 Å². The number of hydrogen-bond donors (Lipinski definition) is 16. The fourth-order valence-electron chi connectivity index (χ4n) is 9.50. The van der Waals surface area contributed by atoms with Crippen LogP contribution in [0.2, 0.25) is 10.6 Å². The zero-order valence-electron chi connectivity index (χ0n) is 46.8. The first-order valence-electron chi connectivity index (χ1n) is 26.0. The van der Waals surface area contributed by atoms with Crippen LogP contribution in [0.15, 0.2) is 126 Å². The number of rotatable bonds is 26. The number of hydrogen-bond acceptors (Lipinski definition) is 33. The number of hydrazine groups is 2. The lowest BCUT2D eigenvalue weighted by Gasteiger charge is -2.34. The van der Waals surface area contributed by atoms with Gasteiger partial charge in [0.05, 0.1) is 61.5 Å². The van der Waals surface area contributed by atoms with E-state index in [-0.39, 0.29) is 99.5 Å². The number of carbonyl (C=O) groups excluding carboxylic acids is 1. The molecule has 17 N–H and O–H groups in total. The number of aromatic nitrogens is 6. The zero-order valence-corrected chi connectivity index (χ0v) is 53.2. The van der Waals surface area contributed by atoms with Crippen LogP contribution in [0.5, 0.6) is 5.75 Å². The number of urea groups is 1. The number of aromatic hydroxyl groups is 1. The minimum Gasteiger partial charge on any atom is -0.505 e. The van der Waals surface area contributed by atoms with Gasteiger partial charge in [-0.25, -0.2) is 15.3 Å². The first kappa shape index (κ1) is 68.3. The number of benzene rings is 7. The molecule has 3 heterocycles. The third-order valence-corrected chi connectivity index (χ3v) is 18.7. The summed E-state index contributed by atoms with van der Waals surface area (Å²) in [7, 11) is -20.0. The van der Waals surface area contributed by atoms with Crippen LogP contribution < -0.4 is 53.6 Å². The predicted octanol–water partition coefficient (Wildman–Crippen LogP) is 7.46. The Balaban J connectivity index is 0.762. The highest BCUT2D eigenvalue weighted by Crippen LogP contribution is 2.44. The number of halogens is 2. The molecular weight excluding hydrogens is 1410 g/mol. The Kier molecular flexibility index (Phi) is 20.5. The van der Waals surface area contributed by atoms with Crippen LogP contribution >= 0.6 is 47.3 Å². The molecule has 2 amide bonds. The molecule has 0 radical (unpaired) electrons. The third-order valence-electron chi connectivity index (χ3n) is 13.5. The summed E-state index contributed by atoms with van der Waals surface area (Å²) in [6.45, 7) is 2.89. The van der Waals surface area contributed by atoms with Crippen LogP contribution in [0.4, 0.5) is 68.4 Å². The fourth-order valence-corrected chi connectivity index (χ4v) is 13.7. The summed E-state index contributed by atoms with van der Waals surface area (Å²) in [4.78, 5) is 39.1. The minimum atomic E-state index is -5.09. The first-order valence-corrected chi connectivity index (χ1v) is 34.0. The third kappa shape index (κ3) is 16.3. The highest BCUT2D eigenvalue weighted by molar-refractivity contribution is 7.95. The normalized spacial score (nSPS) is 13.3. The number of phenolic OH excluding ortho intramolecular Hbond substituents is 1. The molecule has 45 heteroatoms. The van der Waals surface area contributed by atoms with E-state index in [4.69, 9.17) is 39.5 Å². The van der Waals surface area contributed by atoms with E-state index in [0.29, 0.717) is 86.2 Å². The molecule has 0 aliphatic carbocycles. The maximum atomic E-state index is 12.7. The summed E-state index contributed by atoms with van der Waals surface area (Å²) < 4.78 is 147. The minimum absolute atomic E-state index is 0.0149. The Morgan fingerprint density at radius 1 is 0.564 bits per heavy atom. The number of anilines is 11.